The van der Waals surface area contributed by atoms with E-state index >= 15 is 0 Å². The van der Waals surface area contributed by atoms with Gasteiger partial charge >= 0.3 is 0 Å². The lowest BCUT2D eigenvalue weighted by atomic mass is 10.1. The molecule has 98 valence electrons. The quantitative estimate of drug-likeness (QED) is 0.643. The Balaban J connectivity index is 2.36. The minimum absolute atomic E-state index is 0.00692. The molecular weight excluding hydrogens is 250 g/mol. The van der Waals surface area contributed by atoms with Crippen molar-refractivity contribution in [1.82, 2.24) is 15.2 Å². The van der Waals surface area contributed by atoms with Crippen molar-refractivity contribution in [3.63, 3.8) is 0 Å². The summed E-state index contributed by atoms with van der Waals surface area (Å²) in [4.78, 5) is 25.9. The van der Waals surface area contributed by atoms with Crippen molar-refractivity contribution >= 4 is 17.3 Å². The summed E-state index contributed by atoms with van der Waals surface area (Å²) in [7, 11) is 0. The fourth-order valence-electron chi connectivity index (χ4n) is 1.55. The van der Waals surface area contributed by atoms with Crippen LogP contribution in [0, 0.1) is 24.0 Å². The second kappa shape index (κ2) is 4.84. The van der Waals surface area contributed by atoms with Gasteiger partial charge in [-0.25, -0.2) is 4.98 Å². The van der Waals surface area contributed by atoms with Gasteiger partial charge < -0.3 is 5.32 Å². The van der Waals surface area contributed by atoms with Crippen LogP contribution in [-0.4, -0.2) is 26.0 Å². The highest BCUT2D eigenvalue weighted by molar-refractivity contribution is 6.02. The number of hydrogen-bond donors (Lipinski definition) is 2. The van der Waals surface area contributed by atoms with Crippen LogP contribution in [0.25, 0.3) is 0 Å². The van der Waals surface area contributed by atoms with Crippen LogP contribution in [0.2, 0.25) is 0 Å². The Hall–Kier alpha value is -2.77. The smallest absolute Gasteiger partial charge is 0.293 e. The van der Waals surface area contributed by atoms with E-state index in [1.54, 1.807) is 13.0 Å². The number of nitrogens with one attached hydrogen (secondary N) is 2. The zero-order chi connectivity index (χ0) is 14.0. The van der Waals surface area contributed by atoms with Gasteiger partial charge in [-0.05, 0) is 31.0 Å². The number of H-pyrrole nitrogens is 1. The fourth-order valence-corrected chi connectivity index (χ4v) is 1.55. The summed E-state index contributed by atoms with van der Waals surface area (Å²) in [5.41, 5.74) is 1.60. The first kappa shape index (κ1) is 12.7. The van der Waals surface area contributed by atoms with Crippen LogP contribution in [0.15, 0.2) is 18.5 Å². The Morgan fingerprint density at radius 3 is 2.63 bits per heavy atom. The lowest BCUT2D eigenvalue weighted by Crippen LogP contribution is -2.15. The maximum Gasteiger partial charge on any atom is 0.293 e. The van der Waals surface area contributed by atoms with Gasteiger partial charge in [0.25, 0.3) is 11.6 Å². The molecule has 1 aromatic heterocycles. The third-order valence-electron chi connectivity index (χ3n) is 2.69. The van der Waals surface area contributed by atoms with Gasteiger partial charge in [-0.3, -0.25) is 20.0 Å². The zero-order valence-electron chi connectivity index (χ0n) is 10.3. The third kappa shape index (κ3) is 2.57. The van der Waals surface area contributed by atoms with Crippen molar-refractivity contribution in [2.75, 3.05) is 5.32 Å². The minimum Gasteiger partial charge on any atom is -0.313 e. The molecule has 2 N–H and O–H groups in total. The average molecular weight is 261 g/mol. The number of rotatable bonds is 3. The molecule has 8 nitrogen and oxygen atoms in total. The van der Waals surface area contributed by atoms with E-state index in [0.29, 0.717) is 0 Å². The number of carbonyl (C=O) groups excluding carboxylic acids is 1. The summed E-state index contributed by atoms with van der Waals surface area (Å²) < 4.78 is 0. The van der Waals surface area contributed by atoms with Gasteiger partial charge in [0.05, 0.1) is 4.92 Å². The first-order chi connectivity index (χ1) is 8.99. The molecule has 19 heavy (non-hydrogen) atoms. The number of aromatic nitrogens is 3. The molecule has 0 saturated carbocycles. The summed E-state index contributed by atoms with van der Waals surface area (Å²) in [6, 6.07) is 2.98. The number of aromatic amines is 1. The predicted octanol–water partition coefficient (Wildman–Crippen LogP) is 1.58. The van der Waals surface area contributed by atoms with Crippen molar-refractivity contribution in [3.05, 3.63) is 45.5 Å². The Bertz CT molecular complexity index is 636. The molecule has 0 aliphatic rings. The number of amides is 1. The highest BCUT2D eigenvalue weighted by Gasteiger charge is 2.19. The van der Waals surface area contributed by atoms with Crippen molar-refractivity contribution in [2.45, 2.75) is 13.8 Å². The zero-order valence-corrected chi connectivity index (χ0v) is 10.3. The molecule has 2 rings (SSSR count). The maximum absolute atomic E-state index is 11.8. The van der Waals surface area contributed by atoms with Crippen molar-refractivity contribution < 1.29 is 9.72 Å². The molecule has 0 atom stereocenters. The Kier molecular flexibility index (Phi) is 3.23. The van der Waals surface area contributed by atoms with Gasteiger partial charge in [0.2, 0.25) is 5.82 Å². The molecular formula is C11H11N5O3. The van der Waals surface area contributed by atoms with Crippen LogP contribution in [-0.2, 0) is 0 Å². The second-order valence-corrected chi connectivity index (χ2v) is 4.00. The summed E-state index contributed by atoms with van der Waals surface area (Å²) >= 11 is 0. The molecule has 1 heterocycles. The van der Waals surface area contributed by atoms with E-state index in [4.69, 9.17) is 0 Å². The van der Waals surface area contributed by atoms with E-state index in [9.17, 15) is 14.9 Å². The molecule has 2 aromatic rings. The van der Waals surface area contributed by atoms with Gasteiger partial charge in [0, 0.05) is 6.07 Å². The number of hydrogen-bond acceptors (Lipinski definition) is 5. The lowest BCUT2D eigenvalue weighted by molar-refractivity contribution is -0.384. The molecule has 1 aromatic carbocycles. The summed E-state index contributed by atoms with van der Waals surface area (Å²) in [6.45, 7) is 3.58. The first-order valence-corrected chi connectivity index (χ1v) is 5.41. The monoisotopic (exact) mass is 261 g/mol. The summed E-state index contributed by atoms with van der Waals surface area (Å²) in [6.07, 6.45) is 1.18. The van der Waals surface area contributed by atoms with Crippen molar-refractivity contribution in [3.8, 4) is 0 Å². The number of benzene rings is 1. The molecule has 0 fully saturated rings. The molecule has 0 radical (unpaired) electrons. The molecule has 1 amide bonds. The molecule has 0 spiro atoms. The summed E-state index contributed by atoms with van der Waals surface area (Å²) in [5.74, 6) is -0.587. The lowest BCUT2D eigenvalue weighted by Gasteiger charge is -2.07. The number of nitro benzene ring substituents is 1. The number of anilines is 1. The molecule has 0 aliphatic carbocycles. The van der Waals surface area contributed by atoms with Crippen molar-refractivity contribution in [1.29, 1.82) is 0 Å². The SMILES string of the molecule is Cc1cc(NC(=O)c2ncn[nH]2)c([N+](=O)[O-])cc1C. The number of nitrogens with zero attached hydrogens (tertiary/aromatic N) is 3. The van der Waals surface area contributed by atoms with Gasteiger partial charge in [-0.1, -0.05) is 0 Å². The average Bonchev–Trinajstić information content (AvgIpc) is 2.86. The Labute approximate surface area is 108 Å². The standard InChI is InChI=1S/C11H11N5O3/c1-6-3-8(9(16(18)19)4-7(6)2)14-11(17)10-12-5-13-15-10/h3-5H,1-2H3,(H,14,17)(H,12,13,15). The largest absolute Gasteiger partial charge is 0.313 e. The molecule has 0 unspecified atom stereocenters. The molecule has 8 heteroatoms. The third-order valence-corrected chi connectivity index (χ3v) is 2.69. The van der Waals surface area contributed by atoms with Crippen LogP contribution < -0.4 is 5.32 Å². The minimum atomic E-state index is -0.580. The van der Waals surface area contributed by atoms with Gasteiger partial charge in [-0.15, -0.1) is 0 Å². The van der Waals surface area contributed by atoms with E-state index in [1.807, 2.05) is 6.92 Å². The van der Waals surface area contributed by atoms with Gasteiger partial charge in [0.1, 0.15) is 12.0 Å². The normalized spacial score (nSPS) is 10.2. The van der Waals surface area contributed by atoms with Crippen LogP contribution in [0.1, 0.15) is 21.7 Å². The topological polar surface area (TPSA) is 114 Å². The number of nitro groups is 1. The Morgan fingerprint density at radius 1 is 1.37 bits per heavy atom. The van der Waals surface area contributed by atoms with E-state index in [0.717, 1.165) is 11.1 Å². The molecule has 0 bridgehead atoms. The van der Waals surface area contributed by atoms with E-state index in [1.165, 1.54) is 12.4 Å². The van der Waals surface area contributed by atoms with Gasteiger partial charge in [-0.2, -0.15) is 5.10 Å². The Morgan fingerprint density at radius 2 is 2.05 bits per heavy atom. The van der Waals surface area contributed by atoms with E-state index in [2.05, 4.69) is 20.5 Å². The second-order valence-electron chi connectivity index (χ2n) is 4.00. The fraction of sp³-hybridized carbons (Fsp3) is 0.182. The van der Waals surface area contributed by atoms with E-state index in [-0.39, 0.29) is 17.2 Å². The van der Waals surface area contributed by atoms with Crippen LogP contribution in [0.3, 0.4) is 0 Å². The van der Waals surface area contributed by atoms with E-state index < -0.39 is 10.8 Å². The summed E-state index contributed by atoms with van der Waals surface area (Å²) in [5, 5.41) is 19.4. The van der Waals surface area contributed by atoms with Crippen LogP contribution >= 0.6 is 0 Å². The molecule has 0 aliphatic heterocycles. The highest BCUT2D eigenvalue weighted by atomic mass is 16.6. The van der Waals surface area contributed by atoms with Crippen LogP contribution in [0.4, 0.5) is 11.4 Å². The predicted molar refractivity (Wildman–Crippen MR) is 66.9 cm³/mol. The number of carbonyl (C=O) groups is 1. The highest BCUT2D eigenvalue weighted by Crippen LogP contribution is 2.28. The number of aryl methyl sites for hydroxylation is 2. The van der Waals surface area contributed by atoms with Gasteiger partial charge in [0.15, 0.2) is 0 Å². The van der Waals surface area contributed by atoms with Crippen LogP contribution in [0.5, 0.6) is 0 Å². The van der Waals surface area contributed by atoms with Crippen molar-refractivity contribution in [2.24, 2.45) is 0 Å². The maximum atomic E-state index is 11.8. The first-order valence-electron chi connectivity index (χ1n) is 5.41. The molecule has 0 saturated heterocycles.